The molecular formula is C13H16BrClN6. The topological polar surface area (TPSA) is 66.0 Å². The van der Waals surface area contributed by atoms with E-state index in [0.717, 1.165) is 16.7 Å². The van der Waals surface area contributed by atoms with Crippen LogP contribution in [0.4, 0.5) is 23.5 Å². The first kappa shape index (κ1) is 15.8. The zero-order chi connectivity index (χ0) is 15.4. The van der Waals surface area contributed by atoms with E-state index >= 15 is 0 Å². The third-order valence-corrected chi connectivity index (χ3v) is 3.34. The first-order valence-electron chi connectivity index (χ1n) is 6.39. The molecular weight excluding hydrogens is 356 g/mol. The predicted octanol–water partition coefficient (Wildman–Crippen LogP) is 3.53. The lowest BCUT2D eigenvalue weighted by Crippen LogP contribution is -2.16. The Morgan fingerprint density at radius 1 is 1.19 bits per heavy atom. The Bertz CT molecular complexity index is 634. The number of rotatable bonds is 5. The fraction of sp³-hybridized carbons (Fsp3) is 0.308. The molecule has 0 saturated carbocycles. The smallest absolute Gasteiger partial charge is 0.233 e. The van der Waals surface area contributed by atoms with Gasteiger partial charge in [0, 0.05) is 25.1 Å². The summed E-state index contributed by atoms with van der Waals surface area (Å²) < 4.78 is 0.913. The summed E-state index contributed by atoms with van der Waals surface area (Å²) in [5, 5.41) is 6.78. The van der Waals surface area contributed by atoms with Gasteiger partial charge >= 0.3 is 0 Å². The van der Waals surface area contributed by atoms with Gasteiger partial charge in [-0.2, -0.15) is 15.0 Å². The van der Waals surface area contributed by atoms with Crippen LogP contribution in [0.3, 0.4) is 0 Å². The van der Waals surface area contributed by atoms with Gasteiger partial charge in [-0.3, -0.25) is 0 Å². The number of hydrogen-bond acceptors (Lipinski definition) is 6. The fourth-order valence-electron chi connectivity index (χ4n) is 1.57. The monoisotopic (exact) mass is 370 g/mol. The summed E-state index contributed by atoms with van der Waals surface area (Å²) in [4.78, 5) is 14.8. The molecule has 1 aromatic heterocycles. The number of nitrogens with zero attached hydrogens (tertiary/aromatic N) is 4. The highest BCUT2D eigenvalue weighted by Crippen LogP contribution is 2.27. The SMILES string of the molecule is CCNc1nc(Nc2ccc(Br)cc2Cl)nc(N(C)C)n1. The van der Waals surface area contributed by atoms with Crippen LogP contribution in [0.5, 0.6) is 0 Å². The van der Waals surface area contributed by atoms with Crippen LogP contribution in [0, 0.1) is 0 Å². The van der Waals surface area contributed by atoms with Gasteiger partial charge in [0.2, 0.25) is 17.8 Å². The Hall–Kier alpha value is -1.60. The summed E-state index contributed by atoms with van der Waals surface area (Å²) in [6.07, 6.45) is 0. The molecule has 6 nitrogen and oxygen atoms in total. The molecule has 21 heavy (non-hydrogen) atoms. The van der Waals surface area contributed by atoms with E-state index in [2.05, 4.69) is 41.5 Å². The lowest BCUT2D eigenvalue weighted by atomic mass is 10.3. The Labute approximate surface area is 137 Å². The van der Waals surface area contributed by atoms with E-state index in [-0.39, 0.29) is 0 Å². The van der Waals surface area contributed by atoms with Crippen molar-refractivity contribution in [3.63, 3.8) is 0 Å². The van der Waals surface area contributed by atoms with Gasteiger partial charge < -0.3 is 15.5 Å². The Morgan fingerprint density at radius 2 is 1.90 bits per heavy atom. The highest BCUT2D eigenvalue weighted by Gasteiger charge is 2.09. The number of halogens is 2. The van der Waals surface area contributed by atoms with Crippen LogP contribution in [0.1, 0.15) is 6.92 Å². The van der Waals surface area contributed by atoms with Crippen LogP contribution in [-0.2, 0) is 0 Å². The summed E-state index contributed by atoms with van der Waals surface area (Å²) in [6, 6.07) is 5.56. The zero-order valence-electron chi connectivity index (χ0n) is 12.0. The fourth-order valence-corrected chi connectivity index (χ4v) is 2.29. The molecule has 1 aromatic carbocycles. The predicted molar refractivity (Wildman–Crippen MR) is 90.8 cm³/mol. The molecule has 2 N–H and O–H groups in total. The lowest BCUT2D eigenvalue weighted by Gasteiger charge is -2.14. The Kier molecular flexibility index (Phi) is 5.19. The van der Waals surface area contributed by atoms with Crippen LogP contribution in [0.2, 0.25) is 5.02 Å². The molecule has 0 bridgehead atoms. The molecule has 2 aromatic rings. The van der Waals surface area contributed by atoms with Crippen LogP contribution in [0.15, 0.2) is 22.7 Å². The first-order chi connectivity index (χ1) is 9.99. The summed E-state index contributed by atoms with van der Waals surface area (Å²) in [6.45, 7) is 2.72. The van der Waals surface area contributed by atoms with Crippen LogP contribution in [-0.4, -0.2) is 35.6 Å². The molecule has 8 heteroatoms. The molecule has 0 aliphatic heterocycles. The van der Waals surface area contributed by atoms with E-state index in [1.807, 2.05) is 44.1 Å². The summed E-state index contributed by atoms with van der Waals surface area (Å²) in [5.74, 6) is 1.53. The maximum atomic E-state index is 6.19. The second kappa shape index (κ2) is 6.91. The van der Waals surface area contributed by atoms with Crippen molar-refractivity contribution in [2.24, 2.45) is 0 Å². The minimum Gasteiger partial charge on any atom is -0.354 e. The number of aromatic nitrogens is 3. The van der Waals surface area contributed by atoms with E-state index < -0.39 is 0 Å². The molecule has 0 radical (unpaired) electrons. The van der Waals surface area contributed by atoms with Crippen molar-refractivity contribution in [3.8, 4) is 0 Å². The molecule has 0 saturated heterocycles. The third-order valence-electron chi connectivity index (χ3n) is 2.54. The molecule has 0 fully saturated rings. The normalized spacial score (nSPS) is 10.3. The van der Waals surface area contributed by atoms with Crippen molar-refractivity contribution < 1.29 is 0 Å². The second-order valence-electron chi connectivity index (χ2n) is 4.46. The van der Waals surface area contributed by atoms with Crippen molar-refractivity contribution in [3.05, 3.63) is 27.7 Å². The van der Waals surface area contributed by atoms with Crippen LogP contribution < -0.4 is 15.5 Å². The number of benzene rings is 1. The van der Waals surface area contributed by atoms with Gasteiger partial charge in [0.1, 0.15) is 0 Å². The highest BCUT2D eigenvalue weighted by atomic mass is 79.9. The standard InChI is InChI=1S/C13H16BrClN6/c1-4-16-11-18-12(20-13(19-11)21(2)3)17-10-6-5-8(14)7-9(10)15/h5-7H,4H2,1-3H3,(H2,16,17,18,19,20). The molecule has 0 aliphatic rings. The second-order valence-corrected chi connectivity index (χ2v) is 5.78. The van der Waals surface area contributed by atoms with E-state index in [1.54, 1.807) is 0 Å². The highest BCUT2D eigenvalue weighted by molar-refractivity contribution is 9.10. The quantitative estimate of drug-likeness (QED) is 0.838. The maximum absolute atomic E-state index is 6.19. The van der Waals surface area contributed by atoms with Crippen molar-refractivity contribution in [2.75, 3.05) is 36.2 Å². The van der Waals surface area contributed by atoms with Crippen molar-refractivity contribution in [1.82, 2.24) is 15.0 Å². The Balaban J connectivity index is 2.33. The van der Waals surface area contributed by atoms with E-state index in [4.69, 9.17) is 11.6 Å². The molecule has 0 aliphatic carbocycles. The van der Waals surface area contributed by atoms with Gasteiger partial charge in [-0.25, -0.2) is 0 Å². The van der Waals surface area contributed by atoms with Crippen molar-refractivity contribution in [2.45, 2.75) is 6.92 Å². The van der Waals surface area contributed by atoms with Gasteiger partial charge in [-0.15, -0.1) is 0 Å². The molecule has 2 rings (SSSR count). The van der Waals surface area contributed by atoms with Gasteiger partial charge in [0.25, 0.3) is 0 Å². The van der Waals surface area contributed by atoms with Gasteiger partial charge in [-0.1, -0.05) is 27.5 Å². The molecule has 0 unspecified atom stereocenters. The zero-order valence-corrected chi connectivity index (χ0v) is 14.3. The molecule has 0 amide bonds. The van der Waals surface area contributed by atoms with E-state index in [1.165, 1.54) is 0 Å². The van der Waals surface area contributed by atoms with Crippen LogP contribution >= 0.6 is 27.5 Å². The largest absolute Gasteiger partial charge is 0.354 e. The lowest BCUT2D eigenvalue weighted by molar-refractivity contribution is 0.953. The average Bonchev–Trinajstić information content (AvgIpc) is 2.42. The van der Waals surface area contributed by atoms with E-state index in [0.29, 0.717) is 22.9 Å². The van der Waals surface area contributed by atoms with Crippen molar-refractivity contribution in [1.29, 1.82) is 0 Å². The number of anilines is 4. The third kappa shape index (κ3) is 4.18. The first-order valence-corrected chi connectivity index (χ1v) is 7.56. The molecule has 112 valence electrons. The Morgan fingerprint density at radius 3 is 2.52 bits per heavy atom. The molecule has 1 heterocycles. The number of nitrogens with one attached hydrogen (secondary N) is 2. The van der Waals surface area contributed by atoms with Gasteiger partial charge in [0.15, 0.2) is 0 Å². The summed E-state index contributed by atoms with van der Waals surface area (Å²) in [5.41, 5.74) is 0.734. The minimum absolute atomic E-state index is 0.439. The molecule has 0 atom stereocenters. The molecule has 0 spiro atoms. The van der Waals surface area contributed by atoms with Crippen molar-refractivity contribution >= 4 is 51.1 Å². The van der Waals surface area contributed by atoms with E-state index in [9.17, 15) is 0 Å². The van der Waals surface area contributed by atoms with Gasteiger partial charge in [0.05, 0.1) is 10.7 Å². The van der Waals surface area contributed by atoms with Gasteiger partial charge in [-0.05, 0) is 25.1 Å². The van der Waals surface area contributed by atoms with Crippen LogP contribution in [0.25, 0.3) is 0 Å². The average molecular weight is 372 g/mol. The number of hydrogen-bond donors (Lipinski definition) is 2. The summed E-state index contributed by atoms with van der Waals surface area (Å²) in [7, 11) is 3.75. The summed E-state index contributed by atoms with van der Waals surface area (Å²) >= 11 is 9.57. The minimum atomic E-state index is 0.439. The maximum Gasteiger partial charge on any atom is 0.233 e.